The summed E-state index contributed by atoms with van der Waals surface area (Å²) in [6.45, 7) is -0.923. The van der Waals surface area contributed by atoms with Gasteiger partial charge in [0.25, 0.3) is 0 Å². The molecule has 0 amide bonds. The second-order valence-electron chi connectivity index (χ2n) is 4.08. The first-order chi connectivity index (χ1) is 11.3. The monoisotopic (exact) mass is 442 g/mol. The minimum Gasteiger partial charge on any atom is -0.421 e. The van der Waals surface area contributed by atoms with Crippen molar-refractivity contribution in [3.63, 3.8) is 0 Å². The zero-order valence-corrected chi connectivity index (χ0v) is 13.5. The van der Waals surface area contributed by atoms with E-state index in [1.54, 1.807) is 18.2 Å². The lowest BCUT2D eigenvalue weighted by Gasteiger charge is -2.22. The van der Waals surface area contributed by atoms with Gasteiger partial charge in [-0.15, -0.1) is 0 Å². The Bertz CT molecular complexity index is 741. The van der Waals surface area contributed by atoms with Crippen molar-refractivity contribution in [1.29, 1.82) is 0 Å². The normalized spacial score (nSPS) is 13.7. The van der Waals surface area contributed by atoms with Crippen molar-refractivity contribution in [2.75, 3.05) is 0 Å². The molecular weight excluding hydrogens is 435 g/mol. The van der Waals surface area contributed by atoms with Crippen LogP contribution in [0.2, 0.25) is 0 Å². The molecule has 0 radical (unpaired) electrons. The molecule has 0 bridgehead atoms. The fourth-order valence-electron chi connectivity index (χ4n) is 0.960. The molecule has 0 spiro atoms. The summed E-state index contributed by atoms with van der Waals surface area (Å²) in [6, 6.07) is 4.80. The predicted molar refractivity (Wildman–Crippen MR) is 66.0 cm³/mol. The van der Waals surface area contributed by atoms with E-state index in [-0.39, 0.29) is 0 Å². The number of pyridine rings is 1. The molecule has 152 valence electrons. The van der Waals surface area contributed by atoms with Gasteiger partial charge in [0.15, 0.2) is 32.4 Å². The van der Waals surface area contributed by atoms with Crippen LogP contribution in [0.5, 0.6) is 0 Å². The van der Waals surface area contributed by atoms with Gasteiger partial charge in [-0.2, -0.15) is 44.1 Å². The van der Waals surface area contributed by atoms with Gasteiger partial charge < -0.3 is 4.13 Å². The molecule has 1 rings (SSSR count). The summed E-state index contributed by atoms with van der Waals surface area (Å²) in [5.74, 6) is 0. The maximum atomic E-state index is 11.7. The summed E-state index contributed by atoms with van der Waals surface area (Å²) < 4.78 is 145. The number of halogens is 9. The molecular formula is C9H7F9N2O4S2. The van der Waals surface area contributed by atoms with Crippen molar-refractivity contribution in [1.82, 2.24) is 0 Å². The first-order valence-corrected chi connectivity index (χ1v) is 8.54. The lowest BCUT2D eigenvalue weighted by atomic mass is 10.5. The van der Waals surface area contributed by atoms with Crippen LogP contribution in [0.1, 0.15) is 0 Å². The number of nitrogens with zero attached hydrogens (tertiary/aromatic N) is 2. The fourth-order valence-corrected chi connectivity index (χ4v) is 2.67. The van der Waals surface area contributed by atoms with Gasteiger partial charge in [-0.25, -0.2) is 16.8 Å². The highest BCUT2D eigenvalue weighted by molar-refractivity contribution is 8.13. The molecule has 1 heterocycles. The van der Waals surface area contributed by atoms with Crippen molar-refractivity contribution < 1.29 is 60.9 Å². The second-order valence-corrected chi connectivity index (χ2v) is 7.50. The van der Waals surface area contributed by atoms with Gasteiger partial charge in [-0.1, -0.05) is 6.07 Å². The van der Waals surface area contributed by atoms with Crippen LogP contribution in [0.4, 0.5) is 39.5 Å². The van der Waals surface area contributed by atoms with Gasteiger partial charge in [0.1, 0.15) is 0 Å². The van der Waals surface area contributed by atoms with Crippen molar-refractivity contribution in [2.24, 2.45) is 0 Å². The highest BCUT2D eigenvalue weighted by Gasteiger charge is 2.46. The van der Waals surface area contributed by atoms with Crippen molar-refractivity contribution in [3.8, 4) is 0 Å². The number of hydrogen-bond acceptors (Lipinski definition) is 4. The van der Waals surface area contributed by atoms with E-state index in [2.05, 4.69) is 0 Å². The first-order valence-electron chi connectivity index (χ1n) is 5.66. The van der Waals surface area contributed by atoms with E-state index < -0.39 is 43.8 Å². The number of alkyl halides is 9. The molecule has 26 heavy (non-hydrogen) atoms. The van der Waals surface area contributed by atoms with E-state index in [1.807, 2.05) is 0 Å². The number of aromatic nitrogens is 1. The molecule has 0 aromatic carbocycles. The van der Waals surface area contributed by atoms with E-state index in [1.165, 1.54) is 12.4 Å². The molecule has 0 saturated carbocycles. The van der Waals surface area contributed by atoms with E-state index in [9.17, 15) is 56.3 Å². The molecule has 0 aliphatic heterocycles. The summed E-state index contributed by atoms with van der Waals surface area (Å²) in [6.07, 6.45) is -1.37. The highest BCUT2D eigenvalue weighted by Crippen LogP contribution is 2.36. The number of sulfonamides is 2. The van der Waals surface area contributed by atoms with E-state index >= 15 is 0 Å². The van der Waals surface area contributed by atoms with Crippen LogP contribution < -0.4 is 4.57 Å². The SMILES string of the molecule is FC(F)(F)C[n+]1ccccc1.O=S(=O)([N-]S(=O)(=O)C(F)(F)F)C(F)(F)F. The van der Waals surface area contributed by atoms with Crippen LogP contribution in [-0.4, -0.2) is 34.0 Å². The molecule has 0 saturated heterocycles. The van der Waals surface area contributed by atoms with Gasteiger partial charge in [-0.3, -0.25) is 0 Å². The Morgan fingerprint density at radius 3 is 1.31 bits per heavy atom. The Labute approximate surface area is 140 Å². The van der Waals surface area contributed by atoms with Crippen molar-refractivity contribution in [2.45, 2.75) is 23.7 Å². The smallest absolute Gasteiger partial charge is 0.421 e. The summed E-state index contributed by atoms with van der Waals surface area (Å²) in [7, 11) is -13.4. The van der Waals surface area contributed by atoms with E-state index in [0.717, 1.165) is 8.69 Å². The average molecular weight is 442 g/mol. The lowest BCUT2D eigenvalue weighted by molar-refractivity contribution is -0.719. The zero-order valence-electron chi connectivity index (χ0n) is 11.8. The molecule has 6 nitrogen and oxygen atoms in total. The molecule has 0 atom stereocenters. The Morgan fingerprint density at radius 1 is 0.692 bits per heavy atom. The summed E-state index contributed by atoms with van der Waals surface area (Å²) in [5, 5.41) is 0. The van der Waals surface area contributed by atoms with E-state index in [4.69, 9.17) is 0 Å². The number of hydrogen-bond donors (Lipinski definition) is 0. The highest BCUT2D eigenvalue weighted by atomic mass is 32.3. The average Bonchev–Trinajstić information content (AvgIpc) is 2.34. The summed E-state index contributed by atoms with van der Waals surface area (Å²) in [5.41, 5.74) is -12.4. The minimum absolute atomic E-state index is 0.778. The Balaban J connectivity index is 0.000000502. The van der Waals surface area contributed by atoms with Gasteiger partial charge in [-0.05, 0) is 0 Å². The fraction of sp³-hybridized carbons (Fsp3) is 0.444. The summed E-state index contributed by atoms with van der Waals surface area (Å²) in [4.78, 5) is 0. The van der Waals surface area contributed by atoms with Crippen LogP contribution in [0.25, 0.3) is 4.13 Å². The minimum atomic E-state index is -6.72. The molecule has 0 aliphatic rings. The van der Waals surface area contributed by atoms with Crippen LogP contribution in [0, 0.1) is 0 Å². The first kappa shape index (κ1) is 24.4. The van der Waals surface area contributed by atoms with Crippen LogP contribution in [0.3, 0.4) is 0 Å². The Kier molecular flexibility index (Phi) is 7.45. The molecule has 1 aromatic rings. The second kappa shape index (κ2) is 7.95. The van der Waals surface area contributed by atoms with Crippen LogP contribution in [0.15, 0.2) is 30.6 Å². The third kappa shape index (κ3) is 8.17. The molecule has 17 heteroatoms. The topological polar surface area (TPSA) is 86.3 Å². The quantitative estimate of drug-likeness (QED) is 0.532. The maximum Gasteiger partial charge on any atom is 0.480 e. The summed E-state index contributed by atoms with van der Waals surface area (Å²) >= 11 is 0. The standard InChI is InChI=1S/C7H7F3N.C2F6NO4S2/c8-7(9,10)6-11-4-2-1-3-5-11;3-1(4,5)14(10,11)9-15(12,13)2(6,7)8/h1-5H,6H2;/q+1;-1. The molecule has 0 unspecified atom stereocenters. The molecule has 0 N–H and O–H groups in total. The lowest BCUT2D eigenvalue weighted by Crippen LogP contribution is -2.40. The van der Waals surface area contributed by atoms with Gasteiger partial charge in [0.05, 0.1) is 0 Å². The number of rotatable bonds is 3. The Hall–Kier alpha value is -1.62. The molecule has 0 fully saturated rings. The van der Waals surface area contributed by atoms with Gasteiger partial charge in [0.2, 0.25) is 6.54 Å². The third-order valence-corrected chi connectivity index (χ3v) is 4.66. The van der Waals surface area contributed by atoms with Crippen molar-refractivity contribution >= 4 is 20.0 Å². The third-order valence-electron chi connectivity index (χ3n) is 1.92. The van der Waals surface area contributed by atoms with Gasteiger partial charge >= 0.3 is 17.2 Å². The molecule has 0 aliphatic carbocycles. The van der Waals surface area contributed by atoms with Gasteiger partial charge in [0, 0.05) is 12.1 Å². The Morgan fingerprint density at radius 2 is 1.04 bits per heavy atom. The van der Waals surface area contributed by atoms with Crippen LogP contribution >= 0.6 is 0 Å². The van der Waals surface area contributed by atoms with Crippen molar-refractivity contribution in [3.05, 3.63) is 34.7 Å². The van der Waals surface area contributed by atoms with E-state index in [0.29, 0.717) is 0 Å². The molecule has 1 aromatic heterocycles. The van der Waals surface area contributed by atoms with Crippen LogP contribution in [-0.2, 0) is 26.6 Å². The predicted octanol–water partition coefficient (Wildman–Crippen LogP) is 2.60. The zero-order chi connectivity index (χ0) is 21.0. The maximum absolute atomic E-state index is 11.7. The largest absolute Gasteiger partial charge is 0.480 e.